The molecule has 12 N–H and O–H groups in total. The number of rotatable bonds is 5. The summed E-state index contributed by atoms with van der Waals surface area (Å²) in [7, 11) is 0. The Labute approximate surface area is 106 Å². The molecule has 0 aliphatic rings. The first kappa shape index (κ1) is 19.2. The number of hydrogen-bond acceptors (Lipinski definition) is 8. The van der Waals surface area contributed by atoms with Gasteiger partial charge in [-0.15, -0.1) is 0 Å². The molecule has 0 saturated heterocycles. The Morgan fingerprint density at radius 2 is 1.11 bits per heavy atom. The average molecular weight is 451 g/mol. The second kappa shape index (κ2) is 7.36. The SMILES string of the molecule is O=C(O)CC(O)(CC(=O)O)C(=O)O.[NH2][Pt]([NH2])([NH2])[NH2]. The third kappa shape index (κ3) is 13.0. The van der Waals surface area contributed by atoms with Crippen molar-refractivity contribution in [3.63, 3.8) is 0 Å². The molecule has 112 valence electrons. The topological polar surface area (TPSA) is 236 Å². The van der Waals surface area contributed by atoms with Crippen LogP contribution in [0.5, 0.6) is 0 Å². The first-order valence-corrected chi connectivity index (χ1v) is 9.15. The molecule has 0 aliphatic heterocycles. The number of carbonyl (C=O) groups is 3. The second-order valence-corrected chi connectivity index (χ2v) is 7.65. The van der Waals surface area contributed by atoms with E-state index in [-0.39, 0.29) is 0 Å². The number of nitrogens with two attached hydrogens (primary N) is 4. The van der Waals surface area contributed by atoms with Crippen molar-refractivity contribution >= 4 is 17.9 Å². The van der Waals surface area contributed by atoms with Gasteiger partial charge in [-0.2, -0.15) is 0 Å². The van der Waals surface area contributed by atoms with Crippen LogP contribution in [0.2, 0.25) is 0 Å². The van der Waals surface area contributed by atoms with Crippen molar-refractivity contribution < 1.29 is 51.9 Å². The first-order valence-electron chi connectivity index (χ1n) is 3.90. The van der Waals surface area contributed by atoms with Crippen LogP contribution in [0.3, 0.4) is 0 Å². The van der Waals surface area contributed by atoms with Gasteiger partial charge in [0.25, 0.3) is 0 Å². The Hall–Kier alpha value is -1.10. The summed E-state index contributed by atoms with van der Waals surface area (Å²) in [6.07, 6.45) is -2.29. The average Bonchev–Trinajstić information content (AvgIpc) is 1.95. The Morgan fingerprint density at radius 1 is 0.889 bits per heavy atom. The molecule has 0 atom stereocenters. The summed E-state index contributed by atoms with van der Waals surface area (Å²) in [5, 5.41) is 33.8. The van der Waals surface area contributed by atoms with Gasteiger partial charge in [-0.3, -0.25) is 9.59 Å². The van der Waals surface area contributed by atoms with Crippen molar-refractivity contribution in [1.82, 2.24) is 0 Å². The number of carboxylic acid groups (broad SMARTS) is 3. The van der Waals surface area contributed by atoms with Crippen LogP contribution < -0.4 is 17.2 Å². The molecule has 18 heavy (non-hydrogen) atoms. The van der Waals surface area contributed by atoms with E-state index in [9.17, 15) is 14.4 Å². The molecular weight excluding hydrogens is 435 g/mol. The van der Waals surface area contributed by atoms with Crippen LogP contribution in [0.4, 0.5) is 0 Å². The van der Waals surface area contributed by atoms with E-state index < -0.39 is 53.4 Å². The Balaban J connectivity index is 0. The molecule has 0 bridgehead atoms. The van der Waals surface area contributed by atoms with Gasteiger partial charge in [0.05, 0.1) is 12.8 Å². The maximum absolute atomic E-state index is 10.3. The van der Waals surface area contributed by atoms with Crippen LogP contribution in [0.15, 0.2) is 0 Å². The fraction of sp³-hybridized carbons (Fsp3) is 0.500. The summed E-state index contributed by atoms with van der Waals surface area (Å²) >= 11 is -2.94. The predicted molar refractivity (Wildman–Crippen MR) is 53.8 cm³/mol. The summed E-state index contributed by atoms with van der Waals surface area (Å²) in [6, 6.07) is 0. The predicted octanol–water partition coefficient (Wildman–Crippen LogP) is -3.61. The summed E-state index contributed by atoms with van der Waals surface area (Å²) in [4.78, 5) is 30.5. The van der Waals surface area contributed by atoms with E-state index in [2.05, 4.69) is 0 Å². The summed E-state index contributed by atoms with van der Waals surface area (Å²) < 4.78 is 19.5. The molecule has 0 aromatic carbocycles. The summed E-state index contributed by atoms with van der Waals surface area (Å²) in [5.74, 6) is -5.02. The maximum atomic E-state index is 10.3. The molecule has 0 saturated carbocycles. The van der Waals surface area contributed by atoms with E-state index in [1.807, 2.05) is 0 Å². The van der Waals surface area contributed by atoms with E-state index in [1.165, 1.54) is 0 Å². The molecule has 0 aromatic heterocycles. The van der Waals surface area contributed by atoms with Gasteiger partial charge in [0.2, 0.25) is 0 Å². The van der Waals surface area contributed by atoms with Gasteiger partial charge >= 0.3 is 52.1 Å². The zero-order chi connectivity index (χ0) is 15.1. The first-order chi connectivity index (χ1) is 7.78. The molecule has 0 fully saturated rings. The minimum absolute atomic E-state index is 1.14. The number of aliphatic hydroxyl groups is 1. The van der Waals surface area contributed by atoms with Gasteiger partial charge in [-0.05, 0) is 0 Å². The molecule has 0 rings (SSSR count). The van der Waals surface area contributed by atoms with Gasteiger partial charge in [-0.25, -0.2) is 4.79 Å². The van der Waals surface area contributed by atoms with Crippen molar-refractivity contribution in [2.45, 2.75) is 18.4 Å². The molecule has 0 spiro atoms. The van der Waals surface area contributed by atoms with Gasteiger partial charge in [-0.1, -0.05) is 0 Å². The fourth-order valence-corrected chi connectivity index (χ4v) is 0.714. The van der Waals surface area contributed by atoms with Crippen LogP contribution in [0.1, 0.15) is 12.8 Å². The number of hydrogen-bond donors (Lipinski definition) is 8. The zero-order valence-electron chi connectivity index (χ0n) is 9.05. The van der Waals surface area contributed by atoms with Crippen molar-refractivity contribution in [3.8, 4) is 0 Å². The normalized spacial score (nSPS) is 12.1. The van der Waals surface area contributed by atoms with Crippen molar-refractivity contribution in [1.29, 1.82) is 0 Å². The number of carboxylic acids is 3. The molecule has 0 amide bonds. The molecule has 0 aliphatic carbocycles. The van der Waals surface area contributed by atoms with Crippen LogP contribution >= 0.6 is 0 Å². The summed E-state index contributed by atoms with van der Waals surface area (Å²) in [5.41, 5.74) is -2.74. The van der Waals surface area contributed by atoms with Gasteiger partial charge in [0.15, 0.2) is 5.60 Å². The Bertz CT molecular complexity index is 306. The third-order valence-corrected chi connectivity index (χ3v) is 1.29. The molecule has 0 aromatic rings. The fourth-order valence-electron chi connectivity index (χ4n) is 0.714. The Kier molecular flexibility index (Phi) is 7.87. The monoisotopic (exact) mass is 451 g/mol. The molecule has 0 radical (unpaired) electrons. The molecular formula is C6H16N4O7Pt. The van der Waals surface area contributed by atoms with Crippen molar-refractivity contribution in [3.05, 3.63) is 0 Å². The van der Waals surface area contributed by atoms with E-state index >= 15 is 0 Å². The number of aliphatic carboxylic acids is 3. The van der Waals surface area contributed by atoms with Crippen LogP contribution in [-0.4, -0.2) is 43.9 Å². The van der Waals surface area contributed by atoms with E-state index in [0.717, 1.165) is 0 Å². The van der Waals surface area contributed by atoms with Crippen LogP contribution in [-0.2, 0) is 31.4 Å². The van der Waals surface area contributed by atoms with Crippen molar-refractivity contribution in [2.24, 2.45) is 17.2 Å². The molecule has 11 nitrogen and oxygen atoms in total. The van der Waals surface area contributed by atoms with E-state index in [1.54, 1.807) is 0 Å². The molecule has 0 heterocycles. The minimum atomic E-state index is -2.94. The van der Waals surface area contributed by atoms with Gasteiger partial charge in [0, 0.05) is 0 Å². The molecule has 0 unspecified atom stereocenters. The summed E-state index contributed by atoms with van der Waals surface area (Å²) in [6.45, 7) is 0. The third-order valence-electron chi connectivity index (χ3n) is 1.29. The van der Waals surface area contributed by atoms with Gasteiger partial charge < -0.3 is 20.4 Å². The quantitative estimate of drug-likeness (QED) is 0.203. The van der Waals surface area contributed by atoms with E-state index in [0.29, 0.717) is 0 Å². The van der Waals surface area contributed by atoms with Gasteiger partial charge in [0.1, 0.15) is 0 Å². The van der Waals surface area contributed by atoms with E-state index in [4.69, 9.17) is 37.6 Å². The Morgan fingerprint density at radius 3 is 1.22 bits per heavy atom. The molecule has 12 heteroatoms. The van der Waals surface area contributed by atoms with Crippen LogP contribution in [0.25, 0.3) is 0 Å². The van der Waals surface area contributed by atoms with Crippen LogP contribution in [0, 0.1) is 0 Å². The zero-order valence-corrected chi connectivity index (χ0v) is 11.3. The second-order valence-electron chi connectivity index (χ2n) is 3.11. The van der Waals surface area contributed by atoms with Crippen molar-refractivity contribution in [2.75, 3.05) is 0 Å². The standard InChI is InChI=1S/C6H8O7.4H2N.Pt/c7-3(8)1-6(13,5(11)12)2-4(9)10;;;;;/h13H,1-2H2,(H,7,8)(H,9,10)(H,11,12);4*1H2;/q;4*-1;+4.